The fourth-order valence-electron chi connectivity index (χ4n) is 0.845. The van der Waals surface area contributed by atoms with Crippen LogP contribution < -0.4 is 0 Å². The van der Waals surface area contributed by atoms with Gasteiger partial charge in [-0.25, -0.2) is 4.21 Å². The molecule has 1 atom stereocenters. The molecule has 0 radical (unpaired) electrons. The fourth-order valence-corrected chi connectivity index (χ4v) is 1.53. The Morgan fingerprint density at radius 1 is 1.50 bits per heavy atom. The zero-order valence-electron chi connectivity index (χ0n) is 9.82. The van der Waals surface area contributed by atoms with E-state index in [0.717, 1.165) is 5.56 Å². The number of aromatic nitrogens is 1. The van der Waals surface area contributed by atoms with Crippen LogP contribution in [0.1, 0.15) is 32.0 Å². The Kier molecular flexibility index (Phi) is 4.21. The summed E-state index contributed by atoms with van der Waals surface area (Å²) in [6.07, 6.45) is 3.16. The van der Waals surface area contributed by atoms with Gasteiger partial charge in [-0.05, 0) is 39.3 Å². The van der Waals surface area contributed by atoms with E-state index in [1.165, 1.54) is 6.21 Å². The van der Waals surface area contributed by atoms with Crippen LogP contribution in [0.3, 0.4) is 0 Å². The monoisotopic (exact) mass is 258 g/mol. The summed E-state index contributed by atoms with van der Waals surface area (Å²) in [5, 5.41) is 0.637. The minimum Gasteiger partial charge on any atom is -0.255 e. The molecule has 0 saturated carbocycles. The molecular formula is C11H15ClN2OS. The van der Waals surface area contributed by atoms with Crippen LogP contribution in [0.2, 0.25) is 5.02 Å². The summed E-state index contributed by atoms with van der Waals surface area (Å²) >= 11 is 5.94. The smallest absolute Gasteiger partial charge is 0.144 e. The molecule has 0 unspecified atom stereocenters. The average molecular weight is 259 g/mol. The maximum Gasteiger partial charge on any atom is 0.144 e. The van der Waals surface area contributed by atoms with Gasteiger partial charge in [-0.15, -0.1) is 0 Å². The Balaban J connectivity index is 2.85. The topological polar surface area (TPSA) is 42.3 Å². The van der Waals surface area contributed by atoms with Gasteiger partial charge in [0.05, 0.1) is 16.7 Å². The molecular weight excluding hydrogens is 244 g/mol. The molecule has 1 rings (SSSR count). The van der Waals surface area contributed by atoms with E-state index in [-0.39, 0.29) is 4.75 Å². The van der Waals surface area contributed by atoms with E-state index in [0.29, 0.717) is 10.7 Å². The zero-order valence-corrected chi connectivity index (χ0v) is 11.4. The van der Waals surface area contributed by atoms with Crippen LogP contribution in [0, 0.1) is 6.92 Å². The number of rotatable bonds is 2. The maximum atomic E-state index is 11.6. The number of hydrogen-bond donors (Lipinski definition) is 0. The van der Waals surface area contributed by atoms with E-state index >= 15 is 0 Å². The lowest BCUT2D eigenvalue weighted by Crippen LogP contribution is -2.19. The van der Waals surface area contributed by atoms with Crippen LogP contribution in [0.25, 0.3) is 0 Å². The van der Waals surface area contributed by atoms with Crippen molar-refractivity contribution in [3.63, 3.8) is 0 Å². The third kappa shape index (κ3) is 3.68. The first kappa shape index (κ1) is 13.3. The van der Waals surface area contributed by atoms with Gasteiger partial charge in [-0.2, -0.15) is 4.40 Å². The molecule has 0 fully saturated rings. The number of aryl methyl sites for hydroxylation is 1. The first-order valence-electron chi connectivity index (χ1n) is 4.89. The van der Waals surface area contributed by atoms with Gasteiger partial charge in [0, 0.05) is 11.2 Å². The third-order valence-electron chi connectivity index (χ3n) is 1.86. The number of nitrogens with zero attached hydrogens (tertiary/aromatic N) is 2. The molecule has 88 valence electrons. The van der Waals surface area contributed by atoms with Crippen LogP contribution in [0.15, 0.2) is 16.7 Å². The molecule has 3 nitrogen and oxygen atoms in total. The normalized spacial score (nSPS) is 14.3. The van der Waals surface area contributed by atoms with Gasteiger partial charge >= 0.3 is 0 Å². The molecule has 0 aromatic carbocycles. The predicted octanol–water partition coefficient (Wildman–Crippen LogP) is 2.92. The van der Waals surface area contributed by atoms with Gasteiger partial charge in [0.2, 0.25) is 0 Å². The van der Waals surface area contributed by atoms with Crippen LogP contribution in [0.5, 0.6) is 0 Å². The van der Waals surface area contributed by atoms with Crippen molar-refractivity contribution < 1.29 is 4.21 Å². The Morgan fingerprint density at radius 3 is 2.62 bits per heavy atom. The first-order valence-corrected chi connectivity index (χ1v) is 6.37. The Morgan fingerprint density at radius 2 is 2.12 bits per heavy atom. The summed E-state index contributed by atoms with van der Waals surface area (Å²) in [5.41, 5.74) is 1.53. The van der Waals surface area contributed by atoms with Gasteiger partial charge in [-0.1, -0.05) is 11.6 Å². The van der Waals surface area contributed by atoms with Gasteiger partial charge in [0.1, 0.15) is 11.0 Å². The molecule has 1 heterocycles. The van der Waals surface area contributed by atoms with Crippen molar-refractivity contribution in [3.8, 4) is 0 Å². The summed E-state index contributed by atoms with van der Waals surface area (Å²) in [6.45, 7) is 7.49. The van der Waals surface area contributed by atoms with Gasteiger partial charge in [0.25, 0.3) is 0 Å². The average Bonchev–Trinajstić information content (AvgIpc) is 2.18. The highest BCUT2D eigenvalue weighted by molar-refractivity contribution is 7.85. The van der Waals surface area contributed by atoms with Gasteiger partial charge < -0.3 is 0 Å². The molecule has 0 aliphatic rings. The SMILES string of the molecule is Cc1cnc(C=N[S@](=O)C(C)(C)C)cc1Cl. The highest BCUT2D eigenvalue weighted by Gasteiger charge is 2.18. The minimum atomic E-state index is -1.26. The van der Waals surface area contributed by atoms with Crippen molar-refractivity contribution in [2.24, 2.45) is 4.40 Å². The summed E-state index contributed by atoms with van der Waals surface area (Å²) in [6, 6.07) is 1.71. The third-order valence-corrected chi connectivity index (χ3v) is 3.61. The maximum absolute atomic E-state index is 11.6. The summed E-state index contributed by atoms with van der Waals surface area (Å²) in [7, 11) is -1.26. The lowest BCUT2D eigenvalue weighted by Gasteiger charge is -2.12. The predicted molar refractivity (Wildman–Crippen MR) is 69.5 cm³/mol. The van der Waals surface area contributed by atoms with E-state index in [1.54, 1.807) is 12.3 Å². The second kappa shape index (κ2) is 5.06. The van der Waals surface area contributed by atoms with Crippen molar-refractivity contribution in [3.05, 3.63) is 28.5 Å². The summed E-state index contributed by atoms with van der Waals surface area (Å²) in [5.74, 6) is 0. The van der Waals surface area contributed by atoms with Crippen LogP contribution in [0.4, 0.5) is 0 Å². The van der Waals surface area contributed by atoms with Crippen LogP contribution >= 0.6 is 11.6 Å². The minimum absolute atomic E-state index is 0.356. The quantitative estimate of drug-likeness (QED) is 0.766. The van der Waals surface area contributed by atoms with E-state index in [9.17, 15) is 4.21 Å². The van der Waals surface area contributed by atoms with E-state index in [4.69, 9.17) is 11.6 Å². The van der Waals surface area contributed by atoms with Crippen molar-refractivity contribution in [1.29, 1.82) is 0 Å². The summed E-state index contributed by atoms with van der Waals surface area (Å²) in [4.78, 5) is 4.12. The molecule has 0 saturated heterocycles. The molecule has 1 aromatic heterocycles. The van der Waals surface area contributed by atoms with Crippen LogP contribution in [-0.4, -0.2) is 20.2 Å². The highest BCUT2D eigenvalue weighted by Crippen LogP contribution is 2.15. The Labute approximate surface area is 104 Å². The standard InChI is InChI=1S/C11H15ClN2OS/c1-8-6-13-9(5-10(8)12)7-14-16(15)11(2,3)4/h5-7H,1-4H3/t16-/m1/s1. The zero-order chi connectivity index (χ0) is 12.3. The highest BCUT2D eigenvalue weighted by atomic mass is 35.5. The summed E-state index contributed by atoms with van der Waals surface area (Å²) < 4.78 is 15.2. The van der Waals surface area contributed by atoms with E-state index in [1.807, 2.05) is 27.7 Å². The lowest BCUT2D eigenvalue weighted by molar-refractivity contribution is 0.651. The van der Waals surface area contributed by atoms with Gasteiger partial charge in [-0.3, -0.25) is 4.98 Å². The lowest BCUT2D eigenvalue weighted by atomic mass is 10.3. The van der Waals surface area contributed by atoms with Crippen molar-refractivity contribution >= 4 is 28.8 Å². The first-order chi connectivity index (χ1) is 7.30. The van der Waals surface area contributed by atoms with Gasteiger partial charge in [0.15, 0.2) is 0 Å². The molecule has 5 heteroatoms. The molecule has 0 spiro atoms. The fraction of sp³-hybridized carbons (Fsp3) is 0.455. The molecule has 16 heavy (non-hydrogen) atoms. The molecule has 0 aliphatic heterocycles. The van der Waals surface area contributed by atoms with E-state index < -0.39 is 11.0 Å². The van der Waals surface area contributed by atoms with Crippen molar-refractivity contribution in [2.45, 2.75) is 32.4 Å². The number of hydrogen-bond acceptors (Lipinski definition) is 2. The second-order valence-electron chi connectivity index (χ2n) is 4.45. The Hall–Kier alpha value is -0.740. The molecule has 0 bridgehead atoms. The number of halogens is 1. The molecule has 0 aliphatic carbocycles. The second-order valence-corrected chi connectivity index (χ2v) is 6.80. The van der Waals surface area contributed by atoms with Crippen molar-refractivity contribution in [2.75, 3.05) is 0 Å². The van der Waals surface area contributed by atoms with E-state index in [2.05, 4.69) is 9.38 Å². The Bertz CT molecular complexity index is 438. The largest absolute Gasteiger partial charge is 0.255 e. The molecule has 0 amide bonds. The van der Waals surface area contributed by atoms with Crippen molar-refractivity contribution in [1.82, 2.24) is 4.98 Å². The number of pyridine rings is 1. The molecule has 0 N–H and O–H groups in total. The van der Waals surface area contributed by atoms with Crippen LogP contribution in [-0.2, 0) is 11.0 Å². The molecule has 1 aromatic rings.